The summed E-state index contributed by atoms with van der Waals surface area (Å²) < 4.78 is 35.6. The van der Waals surface area contributed by atoms with E-state index in [1.54, 1.807) is 32.0 Å². The number of halogens is 4. The summed E-state index contributed by atoms with van der Waals surface area (Å²) in [4.78, 5) is 38.3. The van der Waals surface area contributed by atoms with Crippen molar-refractivity contribution in [2.24, 2.45) is 0 Å². The Balaban J connectivity index is 0.00000186. The van der Waals surface area contributed by atoms with Crippen molar-refractivity contribution in [3.63, 3.8) is 0 Å². The number of hydrogen-bond donors (Lipinski definition) is 1. The maximum Gasteiger partial charge on any atom is 0.349 e. The summed E-state index contributed by atoms with van der Waals surface area (Å²) in [6, 6.07) is 10.4. The molecule has 1 aliphatic carbocycles. The van der Waals surface area contributed by atoms with Crippen molar-refractivity contribution in [1.82, 2.24) is 14.8 Å². The normalized spacial score (nSPS) is 17.2. The zero-order valence-corrected chi connectivity index (χ0v) is 21.6. The highest BCUT2D eigenvalue weighted by atomic mass is 35.5. The van der Waals surface area contributed by atoms with Crippen molar-refractivity contribution in [3.05, 3.63) is 79.1 Å². The predicted octanol–water partition coefficient (Wildman–Crippen LogP) is 5.05. The van der Waals surface area contributed by atoms with E-state index >= 15 is 0 Å². The van der Waals surface area contributed by atoms with E-state index in [1.165, 1.54) is 30.6 Å². The van der Waals surface area contributed by atoms with Gasteiger partial charge in [0.25, 0.3) is 11.5 Å². The summed E-state index contributed by atoms with van der Waals surface area (Å²) in [5, 5.41) is 12.7. The van der Waals surface area contributed by atoms with Crippen LogP contribution in [0.4, 0.5) is 8.78 Å². The third-order valence-corrected chi connectivity index (χ3v) is 6.23. The number of benzene rings is 2. The molecular weight excluding hydrogens is 529 g/mol. The number of carbonyl (C=O) groups is 1. The first kappa shape index (κ1) is 28.0. The molecule has 194 valence electrons. The number of carbonyl (C=O) groups excluding carboxylic acids is 1. The summed E-state index contributed by atoms with van der Waals surface area (Å²) >= 11 is 11.0. The number of rotatable bonds is 7. The zero-order valence-electron chi connectivity index (χ0n) is 20.1. The number of hydrogen-bond acceptors (Lipinski definition) is 6. The summed E-state index contributed by atoms with van der Waals surface area (Å²) in [7, 11) is 0. The lowest BCUT2D eigenvalue weighted by Gasteiger charge is -2.19. The van der Waals surface area contributed by atoms with E-state index in [4.69, 9.17) is 21.6 Å². The van der Waals surface area contributed by atoms with Crippen molar-refractivity contribution in [1.29, 1.82) is 5.26 Å². The molecule has 1 fully saturated rings. The molecule has 2 aromatic carbocycles. The quantitative estimate of drug-likeness (QED) is 0.411. The first-order valence-electron chi connectivity index (χ1n) is 11.1. The van der Waals surface area contributed by atoms with Gasteiger partial charge < -0.3 is 4.74 Å². The maximum absolute atomic E-state index is 14.5. The van der Waals surface area contributed by atoms with Crippen molar-refractivity contribution < 1.29 is 18.3 Å². The van der Waals surface area contributed by atoms with E-state index < -0.39 is 40.5 Å². The van der Waals surface area contributed by atoms with Gasteiger partial charge in [-0.15, -0.1) is 16.7 Å². The largest absolute Gasteiger partial charge is 0.456 e. The molecule has 4 rings (SSSR count). The summed E-state index contributed by atoms with van der Waals surface area (Å²) in [5.41, 5.74) is -3.20. The Labute approximate surface area is 220 Å². The lowest BCUT2D eigenvalue weighted by atomic mass is 9.85. The van der Waals surface area contributed by atoms with E-state index in [0.29, 0.717) is 12.0 Å². The SMILES string of the molecule is CCCC(=O)C1(c2cc(Oc3ccc(-n4nc(C#N)c(=O)[nH]c4=O)cc3Cl)ccc2C)CC1(F)F.CCl. The van der Waals surface area contributed by atoms with Crippen LogP contribution in [0.1, 0.15) is 43.0 Å². The number of aryl methyl sites for hydroxylation is 1. The molecule has 0 spiro atoms. The van der Waals surface area contributed by atoms with Crippen molar-refractivity contribution in [3.8, 4) is 23.3 Å². The van der Waals surface area contributed by atoms with Crippen LogP contribution in [-0.2, 0) is 10.2 Å². The number of ether oxygens (including phenoxy) is 1. The first-order valence-corrected chi connectivity index (χ1v) is 12.2. The van der Waals surface area contributed by atoms with Crippen LogP contribution in [0.3, 0.4) is 0 Å². The Morgan fingerprint density at radius 2 is 1.92 bits per heavy atom. The number of nitriles is 1. The molecule has 1 aliphatic rings. The molecule has 1 N–H and O–H groups in total. The van der Waals surface area contributed by atoms with Crippen molar-refractivity contribution in [2.75, 3.05) is 6.38 Å². The minimum absolute atomic E-state index is 0.0524. The van der Waals surface area contributed by atoms with Gasteiger partial charge in [-0.2, -0.15) is 9.94 Å². The fourth-order valence-corrected chi connectivity index (χ4v) is 4.29. The van der Waals surface area contributed by atoms with E-state index in [-0.39, 0.29) is 34.2 Å². The van der Waals surface area contributed by atoms with Gasteiger partial charge in [0, 0.05) is 19.2 Å². The third-order valence-electron chi connectivity index (χ3n) is 5.93. The molecule has 0 bridgehead atoms. The molecule has 0 aliphatic heterocycles. The number of nitrogens with zero attached hydrogens (tertiary/aromatic N) is 3. The van der Waals surface area contributed by atoms with Crippen LogP contribution < -0.4 is 16.0 Å². The number of alkyl halides is 3. The highest BCUT2D eigenvalue weighted by molar-refractivity contribution is 6.32. The van der Waals surface area contributed by atoms with Crippen LogP contribution in [0, 0.1) is 18.3 Å². The van der Waals surface area contributed by atoms with E-state index in [0.717, 1.165) is 4.68 Å². The Hall–Kier alpha value is -3.55. The van der Waals surface area contributed by atoms with Crippen LogP contribution in [0.5, 0.6) is 11.5 Å². The molecule has 3 aromatic rings. The van der Waals surface area contributed by atoms with Gasteiger partial charge in [0.1, 0.15) is 28.8 Å². The van der Waals surface area contributed by atoms with Crippen LogP contribution in [0.15, 0.2) is 46.0 Å². The molecule has 1 unspecified atom stereocenters. The summed E-state index contributed by atoms with van der Waals surface area (Å²) in [5.74, 6) is -3.26. The highest BCUT2D eigenvalue weighted by Gasteiger charge is 2.76. The smallest absolute Gasteiger partial charge is 0.349 e. The lowest BCUT2D eigenvalue weighted by molar-refractivity contribution is -0.124. The molecule has 8 nitrogen and oxygen atoms in total. The first-order chi connectivity index (χ1) is 17.5. The van der Waals surface area contributed by atoms with Gasteiger partial charge in [0.2, 0.25) is 5.69 Å². The van der Waals surface area contributed by atoms with Gasteiger partial charge in [-0.25, -0.2) is 13.6 Å². The Morgan fingerprint density at radius 3 is 2.49 bits per heavy atom. The number of ketones is 1. The minimum atomic E-state index is -3.12. The maximum atomic E-state index is 14.5. The molecule has 0 amide bonds. The third kappa shape index (κ3) is 5.15. The van der Waals surface area contributed by atoms with Gasteiger partial charge in [0.15, 0.2) is 0 Å². The van der Waals surface area contributed by atoms with Crippen LogP contribution >= 0.6 is 23.2 Å². The minimum Gasteiger partial charge on any atom is -0.456 e. The molecule has 1 heterocycles. The molecule has 12 heteroatoms. The molecule has 1 aromatic heterocycles. The molecule has 1 atom stereocenters. The fourth-order valence-electron chi connectivity index (χ4n) is 4.08. The summed E-state index contributed by atoms with van der Waals surface area (Å²) in [6.45, 7) is 3.43. The Kier molecular flexibility index (Phi) is 8.20. The zero-order chi connectivity index (χ0) is 27.5. The second kappa shape index (κ2) is 10.8. The average Bonchev–Trinajstić information content (AvgIpc) is 3.46. The predicted molar refractivity (Wildman–Crippen MR) is 134 cm³/mol. The van der Waals surface area contributed by atoms with Crippen LogP contribution in [-0.4, -0.2) is 32.9 Å². The topological polar surface area (TPSA) is 118 Å². The Morgan fingerprint density at radius 1 is 1.24 bits per heavy atom. The molecule has 1 saturated carbocycles. The van der Waals surface area contributed by atoms with E-state index in [2.05, 4.69) is 16.7 Å². The van der Waals surface area contributed by atoms with Gasteiger partial charge in [-0.3, -0.25) is 14.6 Å². The monoisotopic (exact) mass is 550 g/mol. The second-order valence-corrected chi connectivity index (χ2v) is 8.69. The average molecular weight is 551 g/mol. The standard InChI is InChI=1S/C24H19ClF2N4O4.CH3Cl/c1-3-4-20(32)23(12-24(23,26)27)16-10-15(7-5-13(16)2)35-19-8-6-14(9-17(19)25)31-22(34)29-21(33)18(11-28)30-31;1-2/h5-10H,3-4,12H2,1-2H3,(H,29,33,34);1H3. The lowest BCUT2D eigenvalue weighted by Crippen LogP contribution is -2.33. The van der Waals surface area contributed by atoms with Gasteiger partial charge in [0.05, 0.1) is 10.7 Å². The fraction of sp³-hybridized carbons (Fsp3) is 0.320. The molecule has 0 saturated heterocycles. The highest BCUT2D eigenvalue weighted by Crippen LogP contribution is 2.63. The molecule has 37 heavy (non-hydrogen) atoms. The van der Waals surface area contributed by atoms with Gasteiger partial charge >= 0.3 is 5.69 Å². The van der Waals surface area contributed by atoms with Crippen LogP contribution in [0.2, 0.25) is 5.02 Å². The number of aromatic nitrogens is 3. The number of aromatic amines is 1. The molecule has 0 radical (unpaired) electrons. The number of nitrogens with one attached hydrogen (secondary N) is 1. The summed E-state index contributed by atoms with van der Waals surface area (Å²) in [6.07, 6.45) is 1.46. The Bertz CT molecular complexity index is 1510. The van der Waals surface area contributed by atoms with Crippen molar-refractivity contribution >= 4 is 29.0 Å². The van der Waals surface area contributed by atoms with Gasteiger partial charge in [-0.05, 0) is 54.8 Å². The van der Waals surface area contributed by atoms with E-state index in [9.17, 15) is 23.2 Å². The van der Waals surface area contributed by atoms with Crippen molar-refractivity contribution in [2.45, 2.75) is 44.4 Å². The number of H-pyrrole nitrogens is 1. The van der Waals surface area contributed by atoms with E-state index in [1.807, 2.05) is 4.98 Å². The van der Waals surface area contributed by atoms with Gasteiger partial charge in [-0.1, -0.05) is 24.6 Å². The van der Waals surface area contributed by atoms with Crippen LogP contribution in [0.25, 0.3) is 5.69 Å². The second-order valence-electron chi connectivity index (χ2n) is 8.28. The number of Topliss-reactive ketones (excluding diaryl/α,β-unsaturated/α-hetero) is 1. The molecular formula is C25H22Cl2F2N4O4.